The van der Waals surface area contributed by atoms with Gasteiger partial charge in [0.25, 0.3) is 0 Å². The lowest BCUT2D eigenvalue weighted by Gasteiger charge is -2.32. The molecule has 1 saturated heterocycles. The number of methoxy groups -OCH3 is 2. The lowest BCUT2D eigenvalue weighted by Crippen LogP contribution is -2.41. The minimum atomic E-state index is -0.533. The van der Waals surface area contributed by atoms with Crippen molar-refractivity contribution in [3.63, 3.8) is 0 Å². The molecule has 0 N–H and O–H groups in total. The fraction of sp³-hybridized carbons (Fsp3) is 0.588. The molecule has 2 rings (SSSR count). The van der Waals surface area contributed by atoms with Gasteiger partial charge in [0.15, 0.2) is 0 Å². The van der Waals surface area contributed by atoms with Crippen molar-refractivity contribution in [3.8, 4) is 5.75 Å². The first-order valence-corrected chi connectivity index (χ1v) is 8.66. The Hall–Kier alpha value is -1.05. The van der Waals surface area contributed by atoms with E-state index in [9.17, 15) is 4.79 Å². The number of ether oxygens (including phenoxy) is 2. The highest BCUT2D eigenvalue weighted by molar-refractivity contribution is 9.10. The Bertz CT molecular complexity index is 601. The van der Waals surface area contributed by atoms with E-state index in [1.165, 1.54) is 7.11 Å². The molecule has 0 radical (unpaired) electrons. The van der Waals surface area contributed by atoms with Crippen LogP contribution in [0.4, 0.5) is 0 Å². The maximum Gasteiger partial charge on any atom is 0.466 e. The number of carbonyl (C=O) groups is 1. The third-order valence-electron chi connectivity index (χ3n) is 4.82. The summed E-state index contributed by atoms with van der Waals surface area (Å²) in [6.07, 6.45) is 0.173. The van der Waals surface area contributed by atoms with Crippen LogP contribution in [0.3, 0.4) is 0 Å². The van der Waals surface area contributed by atoms with Gasteiger partial charge in [-0.05, 0) is 61.3 Å². The Labute approximate surface area is 152 Å². The Morgan fingerprint density at radius 1 is 1.21 bits per heavy atom. The zero-order chi connectivity index (χ0) is 18.1. The lowest BCUT2D eigenvalue weighted by molar-refractivity contribution is -0.140. The van der Waals surface area contributed by atoms with E-state index < -0.39 is 18.3 Å². The first-order valence-electron chi connectivity index (χ1n) is 7.87. The fourth-order valence-electron chi connectivity index (χ4n) is 2.60. The minimum Gasteiger partial charge on any atom is -0.496 e. The van der Waals surface area contributed by atoms with Gasteiger partial charge in [0.1, 0.15) is 5.75 Å². The standard InChI is InChI=1S/C17H24BBrO5/c1-16(2)17(3,4)24-18(23-16)12(10-15(20)22-6)11-7-8-14(21-5)13(19)9-11/h7-9,12H,10H2,1-6H3. The van der Waals surface area contributed by atoms with Crippen LogP contribution in [-0.2, 0) is 18.8 Å². The van der Waals surface area contributed by atoms with Gasteiger partial charge in [-0.25, -0.2) is 0 Å². The maximum absolute atomic E-state index is 11.9. The molecule has 0 amide bonds. The quantitative estimate of drug-likeness (QED) is 0.558. The molecular weight excluding hydrogens is 375 g/mol. The van der Waals surface area contributed by atoms with E-state index in [1.54, 1.807) is 7.11 Å². The highest BCUT2D eigenvalue weighted by Crippen LogP contribution is 2.42. The molecule has 1 atom stereocenters. The van der Waals surface area contributed by atoms with Crippen molar-refractivity contribution in [1.82, 2.24) is 0 Å². The first-order chi connectivity index (χ1) is 11.1. The van der Waals surface area contributed by atoms with Gasteiger partial charge >= 0.3 is 13.1 Å². The van der Waals surface area contributed by atoms with Crippen molar-refractivity contribution >= 4 is 29.0 Å². The molecule has 0 bridgehead atoms. The molecule has 1 unspecified atom stereocenters. The van der Waals surface area contributed by atoms with Crippen LogP contribution in [0.15, 0.2) is 22.7 Å². The Balaban J connectivity index is 2.36. The van der Waals surface area contributed by atoms with Crippen LogP contribution in [0.5, 0.6) is 5.75 Å². The predicted molar refractivity (Wildman–Crippen MR) is 96.2 cm³/mol. The van der Waals surface area contributed by atoms with Crippen LogP contribution in [0.25, 0.3) is 0 Å². The molecule has 1 heterocycles. The molecule has 0 spiro atoms. The SMILES string of the molecule is COC(=O)CC(B1OC(C)(C)C(C)(C)O1)c1ccc(OC)c(Br)c1. The van der Waals surface area contributed by atoms with Crippen molar-refractivity contribution in [2.75, 3.05) is 14.2 Å². The van der Waals surface area contributed by atoms with E-state index in [0.717, 1.165) is 15.8 Å². The zero-order valence-electron chi connectivity index (χ0n) is 15.0. The Kier molecular flexibility index (Phi) is 5.67. The third-order valence-corrected chi connectivity index (χ3v) is 5.44. The van der Waals surface area contributed by atoms with Gasteiger partial charge in [0.2, 0.25) is 0 Å². The van der Waals surface area contributed by atoms with E-state index in [1.807, 2.05) is 45.9 Å². The van der Waals surface area contributed by atoms with Gasteiger partial charge in [-0.3, -0.25) is 4.79 Å². The second kappa shape index (κ2) is 7.06. The van der Waals surface area contributed by atoms with Gasteiger partial charge < -0.3 is 18.8 Å². The second-order valence-corrected chi connectivity index (χ2v) is 7.76. The van der Waals surface area contributed by atoms with Crippen LogP contribution >= 0.6 is 15.9 Å². The molecule has 1 aliphatic rings. The van der Waals surface area contributed by atoms with E-state index in [2.05, 4.69) is 15.9 Å². The monoisotopic (exact) mass is 398 g/mol. The maximum atomic E-state index is 11.9. The molecule has 1 aromatic rings. The highest BCUT2D eigenvalue weighted by atomic mass is 79.9. The summed E-state index contributed by atoms with van der Waals surface area (Å²) in [5.74, 6) is 0.145. The zero-order valence-corrected chi connectivity index (χ0v) is 16.6. The van der Waals surface area contributed by atoms with Crippen LogP contribution in [0.2, 0.25) is 0 Å². The van der Waals surface area contributed by atoms with Gasteiger partial charge in [0, 0.05) is 5.82 Å². The molecule has 0 aliphatic carbocycles. The number of halogens is 1. The average molecular weight is 399 g/mol. The summed E-state index contributed by atoms with van der Waals surface area (Å²) in [5.41, 5.74) is -0.00237. The number of hydrogen-bond acceptors (Lipinski definition) is 5. The average Bonchev–Trinajstić information content (AvgIpc) is 2.72. The first kappa shape index (κ1) is 19.3. The van der Waals surface area contributed by atoms with Gasteiger partial charge in [-0.2, -0.15) is 0 Å². The molecule has 0 saturated carbocycles. The largest absolute Gasteiger partial charge is 0.496 e. The van der Waals surface area contributed by atoms with Crippen molar-refractivity contribution in [3.05, 3.63) is 28.2 Å². The normalized spacial score (nSPS) is 19.9. The van der Waals surface area contributed by atoms with E-state index in [-0.39, 0.29) is 18.2 Å². The summed E-state index contributed by atoms with van der Waals surface area (Å²) in [6, 6.07) is 5.70. The summed E-state index contributed by atoms with van der Waals surface area (Å²) in [5, 5.41) is 0. The third kappa shape index (κ3) is 3.78. The number of benzene rings is 1. The Morgan fingerprint density at radius 3 is 2.25 bits per heavy atom. The van der Waals surface area contributed by atoms with Crippen LogP contribution in [-0.4, -0.2) is 38.5 Å². The summed E-state index contributed by atoms with van der Waals surface area (Å²) in [6.45, 7) is 7.97. The van der Waals surface area contributed by atoms with Crippen LogP contribution < -0.4 is 4.74 Å². The van der Waals surface area contributed by atoms with E-state index >= 15 is 0 Å². The number of rotatable bonds is 5. The summed E-state index contributed by atoms with van der Waals surface area (Å²) in [7, 11) is 2.46. The smallest absolute Gasteiger partial charge is 0.466 e. The summed E-state index contributed by atoms with van der Waals surface area (Å²) in [4.78, 5) is 11.9. The Morgan fingerprint density at radius 2 is 1.79 bits per heavy atom. The van der Waals surface area contributed by atoms with Crippen molar-refractivity contribution in [2.24, 2.45) is 0 Å². The molecule has 1 aliphatic heterocycles. The highest BCUT2D eigenvalue weighted by Gasteiger charge is 2.54. The molecule has 0 aromatic heterocycles. The summed E-state index contributed by atoms with van der Waals surface area (Å²) < 4.78 is 23.2. The predicted octanol–water partition coefficient (Wildman–Crippen LogP) is 3.74. The molecule has 7 heteroatoms. The molecule has 1 aromatic carbocycles. The van der Waals surface area contributed by atoms with Crippen molar-refractivity contribution in [1.29, 1.82) is 0 Å². The van der Waals surface area contributed by atoms with Crippen molar-refractivity contribution in [2.45, 2.75) is 51.1 Å². The molecule has 132 valence electrons. The van der Waals surface area contributed by atoms with Crippen LogP contribution in [0.1, 0.15) is 45.5 Å². The van der Waals surface area contributed by atoms with Gasteiger partial charge in [-0.15, -0.1) is 0 Å². The number of hydrogen-bond donors (Lipinski definition) is 0. The minimum absolute atomic E-state index is 0.173. The lowest BCUT2D eigenvalue weighted by atomic mass is 9.66. The summed E-state index contributed by atoms with van der Waals surface area (Å²) >= 11 is 3.49. The van der Waals surface area contributed by atoms with Gasteiger partial charge in [-0.1, -0.05) is 6.07 Å². The van der Waals surface area contributed by atoms with Gasteiger partial charge in [0.05, 0.1) is 36.3 Å². The second-order valence-electron chi connectivity index (χ2n) is 6.91. The topological polar surface area (TPSA) is 54.0 Å². The number of esters is 1. The van der Waals surface area contributed by atoms with E-state index in [4.69, 9.17) is 18.8 Å². The molecular formula is C17H24BBrO5. The fourth-order valence-corrected chi connectivity index (χ4v) is 3.16. The van der Waals surface area contributed by atoms with Crippen molar-refractivity contribution < 1.29 is 23.6 Å². The molecule has 5 nitrogen and oxygen atoms in total. The van der Waals surface area contributed by atoms with Crippen LogP contribution in [0, 0.1) is 0 Å². The molecule has 1 fully saturated rings. The molecule has 24 heavy (non-hydrogen) atoms. The van der Waals surface area contributed by atoms with E-state index in [0.29, 0.717) is 0 Å². The number of carbonyl (C=O) groups excluding carboxylic acids is 1.